The molecule has 2 rings (SSSR count). The van der Waals surface area contributed by atoms with Gasteiger partial charge in [0, 0.05) is 6.42 Å². The van der Waals surface area contributed by atoms with Gasteiger partial charge in [-0.1, -0.05) is 19.3 Å². The van der Waals surface area contributed by atoms with Crippen molar-refractivity contribution in [3.05, 3.63) is 5.82 Å². The third kappa shape index (κ3) is 1.92. The van der Waals surface area contributed by atoms with Crippen LogP contribution in [0.15, 0.2) is 0 Å². The molecule has 1 radical (unpaired) electrons. The molecule has 1 aromatic heterocycles. The van der Waals surface area contributed by atoms with Crippen molar-refractivity contribution in [1.29, 1.82) is 0 Å². The van der Waals surface area contributed by atoms with Gasteiger partial charge in [-0.15, -0.1) is 5.10 Å². The van der Waals surface area contributed by atoms with Gasteiger partial charge in [-0.3, -0.25) is 0 Å². The molecular formula is C9H15N4O. The van der Waals surface area contributed by atoms with E-state index in [0.717, 1.165) is 18.7 Å². The number of aromatic nitrogens is 4. The van der Waals surface area contributed by atoms with Crippen molar-refractivity contribution in [3.63, 3.8) is 0 Å². The van der Waals surface area contributed by atoms with Crippen LogP contribution in [0.25, 0.3) is 0 Å². The van der Waals surface area contributed by atoms with Gasteiger partial charge in [0.05, 0.1) is 12.6 Å². The van der Waals surface area contributed by atoms with Crippen LogP contribution in [-0.2, 0) is 11.5 Å². The molecule has 0 atom stereocenters. The molecule has 14 heavy (non-hydrogen) atoms. The van der Waals surface area contributed by atoms with Crippen molar-refractivity contribution < 1.29 is 5.11 Å². The Morgan fingerprint density at radius 3 is 2.79 bits per heavy atom. The van der Waals surface area contributed by atoms with Crippen LogP contribution in [0.1, 0.15) is 44.0 Å². The zero-order chi connectivity index (χ0) is 9.80. The third-order valence-electron chi connectivity index (χ3n) is 2.81. The normalized spacial score (nSPS) is 18.6. The molecular weight excluding hydrogens is 180 g/mol. The first-order valence-electron chi connectivity index (χ1n) is 5.26. The summed E-state index contributed by atoms with van der Waals surface area (Å²) in [6.07, 6.45) is 6.56. The van der Waals surface area contributed by atoms with Crippen LogP contribution in [-0.4, -0.2) is 26.8 Å². The van der Waals surface area contributed by atoms with Crippen LogP contribution in [0, 0.1) is 0 Å². The second-order valence-electron chi connectivity index (χ2n) is 3.79. The zero-order valence-corrected chi connectivity index (χ0v) is 8.22. The number of rotatable bonds is 3. The highest BCUT2D eigenvalue weighted by molar-refractivity contribution is 4.85. The van der Waals surface area contributed by atoms with Crippen LogP contribution < -0.4 is 0 Å². The summed E-state index contributed by atoms with van der Waals surface area (Å²) in [5.74, 6) is 0.756. The summed E-state index contributed by atoms with van der Waals surface area (Å²) in [4.78, 5) is 0. The number of hydrogen-bond donors (Lipinski definition) is 0. The molecule has 0 aromatic carbocycles. The van der Waals surface area contributed by atoms with Gasteiger partial charge in [-0.05, 0) is 23.3 Å². The first-order valence-corrected chi connectivity index (χ1v) is 5.26. The van der Waals surface area contributed by atoms with Crippen LogP contribution in [0.2, 0.25) is 0 Å². The molecule has 0 spiro atoms. The lowest BCUT2D eigenvalue weighted by molar-refractivity contribution is 0.191. The summed E-state index contributed by atoms with van der Waals surface area (Å²) in [5.41, 5.74) is 0. The van der Waals surface area contributed by atoms with E-state index < -0.39 is 0 Å². The fraction of sp³-hybridized carbons (Fsp3) is 0.889. The fourth-order valence-electron chi connectivity index (χ4n) is 2.08. The van der Waals surface area contributed by atoms with E-state index >= 15 is 0 Å². The van der Waals surface area contributed by atoms with Crippen molar-refractivity contribution in [3.8, 4) is 0 Å². The van der Waals surface area contributed by atoms with E-state index in [1.54, 1.807) is 0 Å². The minimum Gasteiger partial charge on any atom is -0.236 e. The summed E-state index contributed by atoms with van der Waals surface area (Å²) in [6, 6.07) is 0.431. The number of hydrogen-bond acceptors (Lipinski definition) is 3. The summed E-state index contributed by atoms with van der Waals surface area (Å²) in [6.45, 7) is -0.132. The molecule has 1 heterocycles. The number of tetrazole rings is 1. The molecule has 77 valence electrons. The van der Waals surface area contributed by atoms with Crippen molar-refractivity contribution in [2.75, 3.05) is 6.61 Å². The van der Waals surface area contributed by atoms with E-state index in [1.807, 2.05) is 4.68 Å². The van der Waals surface area contributed by atoms with E-state index in [1.165, 1.54) is 19.3 Å². The maximum atomic E-state index is 10.5. The van der Waals surface area contributed by atoms with Gasteiger partial charge in [0.1, 0.15) is 0 Å². The Morgan fingerprint density at radius 2 is 2.07 bits per heavy atom. The summed E-state index contributed by atoms with van der Waals surface area (Å²) in [5, 5.41) is 22.0. The molecule has 1 aliphatic carbocycles. The second-order valence-corrected chi connectivity index (χ2v) is 3.79. The Labute approximate surface area is 83.1 Å². The molecule has 0 saturated heterocycles. The Balaban J connectivity index is 2.09. The molecule has 1 fully saturated rings. The smallest absolute Gasteiger partial charge is 0.154 e. The Hall–Kier alpha value is -0.970. The van der Waals surface area contributed by atoms with Crippen LogP contribution in [0.5, 0.6) is 0 Å². The minimum absolute atomic E-state index is 0.132. The summed E-state index contributed by atoms with van der Waals surface area (Å²) >= 11 is 0. The van der Waals surface area contributed by atoms with Gasteiger partial charge >= 0.3 is 0 Å². The van der Waals surface area contributed by atoms with Gasteiger partial charge in [-0.25, -0.2) is 9.79 Å². The van der Waals surface area contributed by atoms with Crippen LogP contribution in [0.4, 0.5) is 0 Å². The highest BCUT2D eigenvalue weighted by Gasteiger charge is 2.19. The topological polar surface area (TPSA) is 63.5 Å². The Morgan fingerprint density at radius 1 is 1.29 bits per heavy atom. The zero-order valence-electron chi connectivity index (χ0n) is 8.22. The lowest BCUT2D eigenvalue weighted by atomic mass is 9.95. The predicted molar refractivity (Wildman–Crippen MR) is 49.2 cm³/mol. The number of nitrogens with zero attached hydrogens (tertiary/aromatic N) is 4. The van der Waals surface area contributed by atoms with Crippen molar-refractivity contribution in [1.82, 2.24) is 20.2 Å². The van der Waals surface area contributed by atoms with Crippen LogP contribution >= 0.6 is 0 Å². The molecule has 0 aliphatic heterocycles. The van der Waals surface area contributed by atoms with E-state index in [0.29, 0.717) is 12.5 Å². The Bertz CT molecular complexity index is 280. The fourth-order valence-corrected chi connectivity index (χ4v) is 2.08. The standard InChI is InChI=1S/C9H15N4O/c14-7-6-9-10-11-12-13(9)8-4-2-1-3-5-8/h8H,1-7H2. The summed E-state index contributed by atoms with van der Waals surface area (Å²) < 4.78 is 1.86. The first kappa shape index (κ1) is 9.58. The molecule has 5 heteroatoms. The Kier molecular flexibility index (Phi) is 3.08. The van der Waals surface area contributed by atoms with E-state index in [-0.39, 0.29) is 6.61 Å². The van der Waals surface area contributed by atoms with Gasteiger partial charge in [-0.2, -0.15) is 0 Å². The van der Waals surface area contributed by atoms with Crippen molar-refractivity contribution in [2.24, 2.45) is 0 Å². The van der Waals surface area contributed by atoms with Gasteiger partial charge in [0.15, 0.2) is 5.82 Å². The van der Waals surface area contributed by atoms with Gasteiger partial charge in [0.2, 0.25) is 0 Å². The second kappa shape index (κ2) is 4.50. The molecule has 1 saturated carbocycles. The van der Waals surface area contributed by atoms with Crippen molar-refractivity contribution in [2.45, 2.75) is 44.6 Å². The molecule has 0 N–H and O–H groups in total. The lowest BCUT2D eigenvalue weighted by Crippen LogP contribution is -2.17. The molecule has 5 nitrogen and oxygen atoms in total. The summed E-state index contributed by atoms with van der Waals surface area (Å²) in [7, 11) is 0. The van der Waals surface area contributed by atoms with Crippen LogP contribution in [0.3, 0.4) is 0 Å². The largest absolute Gasteiger partial charge is 0.236 e. The first-order chi connectivity index (χ1) is 6.92. The quantitative estimate of drug-likeness (QED) is 0.726. The molecule has 0 bridgehead atoms. The maximum absolute atomic E-state index is 10.5. The molecule has 0 unspecified atom stereocenters. The third-order valence-corrected chi connectivity index (χ3v) is 2.81. The van der Waals surface area contributed by atoms with Gasteiger partial charge < -0.3 is 0 Å². The van der Waals surface area contributed by atoms with Gasteiger partial charge in [0.25, 0.3) is 0 Å². The molecule has 0 amide bonds. The lowest BCUT2D eigenvalue weighted by Gasteiger charge is -2.22. The minimum atomic E-state index is -0.132. The van der Waals surface area contributed by atoms with E-state index in [4.69, 9.17) is 0 Å². The predicted octanol–water partition coefficient (Wildman–Crippen LogP) is 1.15. The average molecular weight is 195 g/mol. The highest BCUT2D eigenvalue weighted by Crippen LogP contribution is 2.27. The highest BCUT2D eigenvalue weighted by atomic mass is 16.3. The SMILES string of the molecule is [O]CCc1nnnn1C1CCCCC1. The van der Waals surface area contributed by atoms with E-state index in [9.17, 15) is 5.11 Å². The van der Waals surface area contributed by atoms with Crippen molar-refractivity contribution >= 4 is 0 Å². The molecule has 1 aliphatic rings. The monoisotopic (exact) mass is 195 g/mol. The molecule has 1 aromatic rings. The van der Waals surface area contributed by atoms with E-state index in [2.05, 4.69) is 15.5 Å². The average Bonchev–Trinajstić information content (AvgIpc) is 2.68. The maximum Gasteiger partial charge on any atom is 0.154 e.